The molecule has 5 N–H and O–H groups in total. The molecule has 0 spiro atoms. The summed E-state index contributed by atoms with van der Waals surface area (Å²) in [6.45, 7) is 1.34. The van der Waals surface area contributed by atoms with Gasteiger partial charge in [-0.05, 0) is 30.2 Å². The van der Waals surface area contributed by atoms with E-state index in [4.69, 9.17) is 4.74 Å². The van der Waals surface area contributed by atoms with Crippen LogP contribution in [0.2, 0.25) is 0 Å². The molecule has 4 rings (SSSR count). The van der Waals surface area contributed by atoms with Crippen molar-refractivity contribution in [1.82, 2.24) is 14.8 Å². The highest BCUT2D eigenvalue weighted by Gasteiger charge is 2.42. The summed E-state index contributed by atoms with van der Waals surface area (Å²) in [7, 11) is 1.68. The molecule has 1 aromatic carbocycles. The van der Waals surface area contributed by atoms with Gasteiger partial charge in [0.2, 0.25) is 0 Å². The van der Waals surface area contributed by atoms with Crippen LogP contribution >= 0.6 is 0 Å². The Kier molecular flexibility index (Phi) is 5.66. The third-order valence-corrected chi connectivity index (χ3v) is 5.54. The van der Waals surface area contributed by atoms with E-state index in [9.17, 15) is 25.2 Å². The molecule has 3 aromatic rings. The molecule has 0 amide bonds. The normalized spacial score (nSPS) is 25.9. The van der Waals surface area contributed by atoms with Crippen LogP contribution in [0, 0.1) is 18.8 Å². The molecular weight excluding hydrogens is 402 g/mol. The first-order valence-corrected chi connectivity index (χ1v) is 9.77. The van der Waals surface area contributed by atoms with Crippen LogP contribution in [0.1, 0.15) is 11.1 Å². The number of aromatic amines is 1. The molecule has 1 fully saturated rings. The van der Waals surface area contributed by atoms with Crippen molar-refractivity contribution in [2.24, 2.45) is 7.05 Å². The summed E-state index contributed by atoms with van der Waals surface area (Å²) >= 11 is 0. The van der Waals surface area contributed by atoms with Crippen LogP contribution in [0.5, 0.6) is 0 Å². The number of aromatic nitrogens is 3. The molecule has 9 nitrogen and oxygen atoms in total. The Bertz CT molecular complexity index is 1240. The Balaban J connectivity index is 1.77. The van der Waals surface area contributed by atoms with Gasteiger partial charge in [-0.25, -0.2) is 0 Å². The van der Waals surface area contributed by atoms with E-state index in [0.29, 0.717) is 11.1 Å². The molecule has 162 valence electrons. The van der Waals surface area contributed by atoms with E-state index in [-0.39, 0.29) is 5.56 Å². The van der Waals surface area contributed by atoms with E-state index < -0.39 is 37.1 Å². The van der Waals surface area contributed by atoms with Gasteiger partial charge in [0.1, 0.15) is 30.5 Å². The van der Waals surface area contributed by atoms with Crippen LogP contribution < -0.4 is 5.56 Å². The van der Waals surface area contributed by atoms with Crippen LogP contribution in [-0.4, -0.2) is 72.3 Å². The number of hydrogen-bond acceptors (Lipinski definition) is 7. The van der Waals surface area contributed by atoms with Gasteiger partial charge in [0, 0.05) is 30.3 Å². The molecule has 0 bridgehead atoms. The highest BCUT2D eigenvalue weighted by molar-refractivity contribution is 5.89. The largest absolute Gasteiger partial charge is 0.394 e. The first kappa shape index (κ1) is 21.2. The van der Waals surface area contributed by atoms with Crippen molar-refractivity contribution >= 4 is 10.9 Å². The van der Waals surface area contributed by atoms with E-state index in [1.165, 1.54) is 4.57 Å². The highest BCUT2D eigenvalue weighted by atomic mass is 16.5. The van der Waals surface area contributed by atoms with Gasteiger partial charge in [-0.3, -0.25) is 9.89 Å². The number of benzene rings is 1. The molecule has 31 heavy (non-hydrogen) atoms. The number of fused-ring (bicyclic) bond motifs is 1. The Labute approximate surface area is 177 Å². The zero-order chi connectivity index (χ0) is 22.3. The van der Waals surface area contributed by atoms with Gasteiger partial charge < -0.3 is 29.7 Å². The van der Waals surface area contributed by atoms with Gasteiger partial charge in [-0.1, -0.05) is 11.8 Å². The topological polar surface area (TPSA) is 141 Å². The van der Waals surface area contributed by atoms with Crippen LogP contribution in [-0.2, 0) is 11.8 Å². The molecular formula is C22H23N3O6. The average molecular weight is 425 g/mol. The van der Waals surface area contributed by atoms with E-state index >= 15 is 0 Å². The predicted molar refractivity (Wildman–Crippen MR) is 112 cm³/mol. The summed E-state index contributed by atoms with van der Waals surface area (Å²) in [6, 6.07) is 5.34. The molecule has 0 saturated carbocycles. The van der Waals surface area contributed by atoms with Gasteiger partial charge in [0.15, 0.2) is 0 Å². The minimum atomic E-state index is -1.49. The van der Waals surface area contributed by atoms with Gasteiger partial charge >= 0.3 is 0 Å². The number of ether oxygens (including phenoxy) is 1. The van der Waals surface area contributed by atoms with E-state index in [2.05, 4.69) is 22.0 Å². The van der Waals surface area contributed by atoms with E-state index in [0.717, 1.165) is 22.1 Å². The second-order valence-electron chi connectivity index (χ2n) is 7.70. The van der Waals surface area contributed by atoms with Crippen molar-refractivity contribution in [1.29, 1.82) is 0 Å². The second kappa shape index (κ2) is 8.26. The summed E-state index contributed by atoms with van der Waals surface area (Å²) in [5, 5.41) is 47.3. The molecule has 5 atom stereocenters. The standard InChI is InChI=1S/C22H23N3O6/c1-11-5-18(27)25(2)9-15(11)13-6-12(19-14(7-13)8-23-24-19)3-4-16-20(28)22(30)21(29)17(10-26)31-16/h5-9,16-17,20-22,26,28-30H,10H2,1-2H3,(H,23,24)/t16-,17-,20-,21-,22-/m1/s1. The summed E-state index contributed by atoms with van der Waals surface area (Å²) in [5.74, 6) is 5.75. The molecule has 1 aliphatic rings. The van der Waals surface area contributed by atoms with Crippen molar-refractivity contribution in [3.05, 3.63) is 52.1 Å². The fourth-order valence-electron chi connectivity index (χ4n) is 3.71. The number of H-pyrrole nitrogens is 1. The molecule has 2 aromatic heterocycles. The second-order valence-corrected chi connectivity index (χ2v) is 7.70. The maximum Gasteiger partial charge on any atom is 0.250 e. The van der Waals surface area contributed by atoms with Gasteiger partial charge in [-0.15, -0.1) is 0 Å². The summed E-state index contributed by atoms with van der Waals surface area (Å²) < 4.78 is 6.96. The number of rotatable bonds is 2. The van der Waals surface area contributed by atoms with Crippen molar-refractivity contribution in [2.75, 3.05) is 6.61 Å². The summed E-state index contributed by atoms with van der Waals surface area (Å²) in [4.78, 5) is 11.9. The number of aliphatic hydroxyl groups excluding tert-OH is 4. The van der Waals surface area contributed by atoms with Crippen LogP contribution in [0.4, 0.5) is 0 Å². The zero-order valence-corrected chi connectivity index (χ0v) is 17.0. The minimum Gasteiger partial charge on any atom is -0.394 e. The fraction of sp³-hybridized carbons (Fsp3) is 0.364. The van der Waals surface area contributed by atoms with Gasteiger partial charge in [0.05, 0.1) is 23.9 Å². The lowest BCUT2D eigenvalue weighted by Gasteiger charge is -2.37. The van der Waals surface area contributed by atoms with Crippen molar-refractivity contribution < 1.29 is 25.2 Å². The molecule has 3 heterocycles. The Morgan fingerprint density at radius 3 is 2.71 bits per heavy atom. The van der Waals surface area contributed by atoms with Crippen LogP contribution in [0.3, 0.4) is 0 Å². The Morgan fingerprint density at radius 2 is 1.97 bits per heavy atom. The zero-order valence-electron chi connectivity index (χ0n) is 17.0. The SMILES string of the molecule is Cc1cc(=O)n(C)cc1-c1cc(C#C[C@H]2O[C@H](CO)[C@@H](O)[C@H](O)[C@@H]2O)c2[nH]ncc2c1. The number of pyridine rings is 1. The lowest BCUT2D eigenvalue weighted by molar-refractivity contribution is -0.214. The molecule has 9 heteroatoms. The third kappa shape index (κ3) is 3.87. The molecule has 0 radical (unpaired) electrons. The predicted octanol–water partition coefficient (Wildman–Crippen LogP) is -0.569. The third-order valence-electron chi connectivity index (χ3n) is 5.54. The van der Waals surface area contributed by atoms with E-state index in [1.54, 1.807) is 25.5 Å². The van der Waals surface area contributed by atoms with Gasteiger partial charge in [-0.2, -0.15) is 5.10 Å². The number of aliphatic hydroxyl groups is 4. The molecule has 0 aliphatic carbocycles. The lowest BCUT2D eigenvalue weighted by Crippen LogP contribution is -2.58. The van der Waals surface area contributed by atoms with E-state index in [1.807, 2.05) is 19.1 Å². The van der Waals surface area contributed by atoms with Gasteiger partial charge in [0.25, 0.3) is 5.56 Å². The highest BCUT2D eigenvalue weighted by Crippen LogP contribution is 2.28. The molecule has 0 unspecified atom stereocenters. The Hall–Kier alpha value is -3.00. The number of nitrogens with zero attached hydrogens (tertiary/aromatic N) is 2. The first-order chi connectivity index (χ1) is 14.8. The number of hydrogen-bond donors (Lipinski definition) is 5. The average Bonchev–Trinajstić information content (AvgIpc) is 3.23. The quantitative estimate of drug-likeness (QED) is 0.346. The Morgan fingerprint density at radius 1 is 1.19 bits per heavy atom. The lowest BCUT2D eigenvalue weighted by atomic mass is 9.95. The fourth-order valence-corrected chi connectivity index (χ4v) is 3.71. The van der Waals surface area contributed by atoms with Crippen molar-refractivity contribution in [3.8, 4) is 23.0 Å². The maximum atomic E-state index is 11.9. The summed E-state index contributed by atoms with van der Waals surface area (Å²) in [6.07, 6.45) is -3.06. The maximum absolute atomic E-state index is 11.9. The molecule has 1 aliphatic heterocycles. The summed E-state index contributed by atoms with van der Waals surface area (Å²) in [5.41, 5.74) is 3.67. The number of nitrogens with one attached hydrogen (secondary N) is 1. The first-order valence-electron chi connectivity index (χ1n) is 9.77. The minimum absolute atomic E-state index is 0.103. The molecule has 1 saturated heterocycles. The smallest absolute Gasteiger partial charge is 0.250 e. The van der Waals surface area contributed by atoms with Crippen molar-refractivity contribution in [2.45, 2.75) is 37.4 Å². The van der Waals surface area contributed by atoms with Crippen LogP contribution in [0.25, 0.3) is 22.0 Å². The van der Waals surface area contributed by atoms with Crippen molar-refractivity contribution in [3.63, 3.8) is 0 Å². The number of aryl methyl sites for hydroxylation is 2. The van der Waals surface area contributed by atoms with Crippen LogP contribution in [0.15, 0.2) is 35.4 Å². The monoisotopic (exact) mass is 425 g/mol.